The van der Waals surface area contributed by atoms with Crippen molar-refractivity contribution in [3.63, 3.8) is 0 Å². The van der Waals surface area contributed by atoms with Crippen molar-refractivity contribution in [1.82, 2.24) is 9.88 Å². The molecule has 33 heavy (non-hydrogen) atoms. The van der Waals surface area contributed by atoms with Gasteiger partial charge >= 0.3 is 0 Å². The highest BCUT2D eigenvalue weighted by Gasteiger charge is 2.66. The fourth-order valence-corrected chi connectivity index (χ4v) is 5.75. The Morgan fingerprint density at radius 3 is 2.97 bits per heavy atom. The van der Waals surface area contributed by atoms with Gasteiger partial charge in [0.15, 0.2) is 0 Å². The molecule has 2 bridgehead atoms. The number of benzene rings is 2. The third-order valence-electron chi connectivity index (χ3n) is 7.46. The van der Waals surface area contributed by atoms with E-state index >= 15 is 0 Å². The lowest BCUT2D eigenvalue weighted by molar-refractivity contribution is -0.135. The third-order valence-corrected chi connectivity index (χ3v) is 7.46. The molecule has 2 saturated heterocycles. The van der Waals surface area contributed by atoms with Crippen LogP contribution in [0.4, 0.5) is 5.69 Å². The number of aromatic amines is 1. The predicted molar refractivity (Wildman–Crippen MR) is 127 cm³/mol. The van der Waals surface area contributed by atoms with Crippen molar-refractivity contribution in [3.05, 3.63) is 77.5 Å². The Bertz CT molecular complexity index is 1310. The van der Waals surface area contributed by atoms with Crippen LogP contribution in [0.3, 0.4) is 0 Å². The number of ether oxygens (including phenoxy) is 1. The van der Waals surface area contributed by atoms with Crippen LogP contribution >= 0.6 is 0 Å². The second-order valence-corrected chi connectivity index (χ2v) is 9.58. The summed E-state index contributed by atoms with van der Waals surface area (Å²) in [5, 5.41) is 4.25. The van der Waals surface area contributed by atoms with Crippen LogP contribution < -0.4 is 5.32 Å². The summed E-state index contributed by atoms with van der Waals surface area (Å²) < 4.78 is 6.28. The topological polar surface area (TPSA) is 74.4 Å². The van der Waals surface area contributed by atoms with Gasteiger partial charge in [-0.2, -0.15) is 0 Å². The number of H-pyrrole nitrogens is 1. The Hall–Kier alpha value is -3.38. The van der Waals surface area contributed by atoms with E-state index in [0.717, 1.165) is 28.8 Å². The average molecular weight is 442 g/mol. The van der Waals surface area contributed by atoms with Crippen molar-refractivity contribution >= 4 is 28.4 Å². The predicted octanol–water partition coefficient (Wildman–Crippen LogP) is 3.75. The van der Waals surface area contributed by atoms with Gasteiger partial charge in [-0.25, -0.2) is 0 Å². The van der Waals surface area contributed by atoms with Crippen LogP contribution in [0.1, 0.15) is 16.7 Å². The highest BCUT2D eigenvalue weighted by atomic mass is 16.5. The van der Waals surface area contributed by atoms with Crippen LogP contribution in [0.15, 0.2) is 60.8 Å². The fraction of sp³-hybridized carbons (Fsp3) is 0.333. The summed E-state index contributed by atoms with van der Waals surface area (Å²) in [5.74, 6) is -1.11. The number of rotatable bonds is 5. The Morgan fingerprint density at radius 1 is 1.24 bits per heavy atom. The lowest BCUT2D eigenvalue weighted by atomic mass is 9.76. The number of amides is 2. The highest BCUT2D eigenvalue weighted by molar-refractivity contribution is 5.99. The highest BCUT2D eigenvalue weighted by Crippen LogP contribution is 2.52. The number of fused-ring (bicyclic) bond motifs is 2. The minimum absolute atomic E-state index is 0.0165. The largest absolute Gasteiger partial charge is 0.361 e. The summed E-state index contributed by atoms with van der Waals surface area (Å²) in [6.45, 7) is 5.08. The normalized spacial score (nSPS) is 27.5. The Morgan fingerprint density at radius 2 is 2.09 bits per heavy atom. The molecule has 1 spiro atoms. The molecule has 2 N–H and O–H groups in total. The van der Waals surface area contributed by atoms with Crippen molar-refractivity contribution in [3.8, 4) is 0 Å². The molecule has 3 aliphatic heterocycles. The maximum Gasteiger partial charge on any atom is 0.231 e. The van der Waals surface area contributed by atoms with Gasteiger partial charge in [0.1, 0.15) is 5.60 Å². The number of nitrogens with one attached hydrogen (secondary N) is 2. The number of aromatic nitrogens is 1. The number of hydrogen-bond acceptors (Lipinski definition) is 3. The van der Waals surface area contributed by atoms with Crippen molar-refractivity contribution in [1.29, 1.82) is 0 Å². The van der Waals surface area contributed by atoms with Crippen LogP contribution in [0.5, 0.6) is 0 Å². The molecule has 6 heteroatoms. The quantitative estimate of drug-likeness (QED) is 0.593. The maximum absolute atomic E-state index is 13.5. The number of carbonyl (C=O) groups excluding carboxylic acids is 2. The first-order valence-electron chi connectivity index (χ1n) is 11.5. The van der Waals surface area contributed by atoms with Crippen LogP contribution in [0, 0.1) is 25.7 Å². The van der Waals surface area contributed by atoms with E-state index in [1.165, 1.54) is 10.9 Å². The Balaban J connectivity index is 1.21. The molecule has 4 atom stereocenters. The van der Waals surface area contributed by atoms with Gasteiger partial charge in [-0.1, -0.05) is 42.5 Å². The van der Waals surface area contributed by atoms with E-state index in [1.54, 1.807) is 0 Å². The first kappa shape index (κ1) is 20.2. The molecule has 0 unspecified atom stereocenters. The van der Waals surface area contributed by atoms with Gasteiger partial charge in [0.2, 0.25) is 11.8 Å². The number of carbonyl (C=O) groups is 2. The molecule has 0 aliphatic carbocycles. The molecule has 1 aromatic heterocycles. The summed E-state index contributed by atoms with van der Waals surface area (Å²) in [6.07, 6.45) is 6.39. The van der Waals surface area contributed by atoms with Gasteiger partial charge in [0.25, 0.3) is 0 Å². The van der Waals surface area contributed by atoms with E-state index in [4.69, 9.17) is 4.74 Å². The number of para-hydroxylation sites is 1. The van der Waals surface area contributed by atoms with Crippen molar-refractivity contribution in [2.24, 2.45) is 11.8 Å². The lowest BCUT2D eigenvalue weighted by Crippen LogP contribution is -2.41. The molecule has 0 radical (unpaired) electrons. The van der Waals surface area contributed by atoms with E-state index < -0.39 is 17.4 Å². The summed E-state index contributed by atoms with van der Waals surface area (Å²) in [5.41, 5.74) is 4.48. The number of likely N-dealkylation sites (tertiary alicyclic amines) is 1. The Labute approximate surface area is 192 Å². The van der Waals surface area contributed by atoms with E-state index in [1.807, 2.05) is 67.4 Å². The summed E-state index contributed by atoms with van der Waals surface area (Å²) in [7, 11) is 0. The smallest absolute Gasteiger partial charge is 0.231 e. The fourth-order valence-electron chi connectivity index (χ4n) is 5.75. The van der Waals surface area contributed by atoms with Crippen molar-refractivity contribution in [2.45, 2.75) is 32.0 Å². The molecule has 2 fully saturated rings. The zero-order chi connectivity index (χ0) is 22.7. The number of aryl methyl sites for hydroxylation is 2. The second-order valence-electron chi connectivity index (χ2n) is 9.58. The van der Waals surface area contributed by atoms with Gasteiger partial charge in [0.05, 0.1) is 24.5 Å². The number of anilines is 1. The zero-order valence-corrected chi connectivity index (χ0v) is 18.8. The summed E-state index contributed by atoms with van der Waals surface area (Å²) in [6, 6.07) is 14.2. The zero-order valence-electron chi connectivity index (χ0n) is 18.8. The molecule has 6 nitrogen and oxygen atoms in total. The van der Waals surface area contributed by atoms with E-state index in [2.05, 4.69) is 22.4 Å². The molecule has 4 heterocycles. The van der Waals surface area contributed by atoms with E-state index in [-0.39, 0.29) is 17.9 Å². The molecule has 2 aromatic carbocycles. The standard InChI is InChI=1S/C27H27N3O3/c1-16-7-8-17(2)21(13-16)29-25(31)23-22-9-11-27(33-22)15-30(26(32)24(23)27)12-10-18-14-28-20-6-4-3-5-19(18)20/h3-9,11,13-14,22-24,28H,10,12,15H2,1-2H3,(H,29,31)/t22-,23-,24+,27-/m1/s1. The molecular formula is C27H27N3O3. The third kappa shape index (κ3) is 3.12. The van der Waals surface area contributed by atoms with Crippen LogP contribution in [0.25, 0.3) is 10.9 Å². The first-order valence-corrected chi connectivity index (χ1v) is 11.5. The van der Waals surface area contributed by atoms with Crippen LogP contribution in [-0.2, 0) is 20.7 Å². The van der Waals surface area contributed by atoms with Crippen LogP contribution in [0.2, 0.25) is 0 Å². The summed E-state index contributed by atoms with van der Waals surface area (Å²) in [4.78, 5) is 32.0. The van der Waals surface area contributed by atoms with Gasteiger partial charge in [-0.05, 0) is 49.1 Å². The molecular weight excluding hydrogens is 414 g/mol. The molecule has 2 amide bonds. The van der Waals surface area contributed by atoms with E-state index in [0.29, 0.717) is 13.1 Å². The first-order chi connectivity index (χ1) is 15.9. The van der Waals surface area contributed by atoms with E-state index in [9.17, 15) is 9.59 Å². The second kappa shape index (κ2) is 7.32. The Kier molecular flexibility index (Phi) is 4.49. The molecule has 0 saturated carbocycles. The minimum Gasteiger partial charge on any atom is -0.361 e. The number of nitrogens with zero attached hydrogens (tertiary/aromatic N) is 1. The SMILES string of the molecule is Cc1ccc(C)c(NC(=O)[C@H]2[C@H]3C(=O)N(CCc4c[nH]c5ccccc45)C[C@]34C=C[C@H]2O4)c1. The van der Waals surface area contributed by atoms with Gasteiger partial charge < -0.3 is 19.9 Å². The molecule has 6 rings (SSSR count). The maximum atomic E-state index is 13.5. The monoisotopic (exact) mass is 441 g/mol. The molecule has 3 aromatic rings. The average Bonchev–Trinajstić information content (AvgIpc) is 3.54. The number of hydrogen-bond donors (Lipinski definition) is 2. The van der Waals surface area contributed by atoms with Gasteiger partial charge in [-0.3, -0.25) is 9.59 Å². The lowest BCUT2D eigenvalue weighted by Gasteiger charge is -2.24. The van der Waals surface area contributed by atoms with Crippen LogP contribution in [-0.4, -0.2) is 46.5 Å². The van der Waals surface area contributed by atoms with Gasteiger partial charge in [-0.15, -0.1) is 0 Å². The van der Waals surface area contributed by atoms with Crippen molar-refractivity contribution < 1.29 is 14.3 Å². The summed E-state index contributed by atoms with van der Waals surface area (Å²) >= 11 is 0. The molecule has 3 aliphatic rings. The minimum atomic E-state index is -0.689. The van der Waals surface area contributed by atoms with Gasteiger partial charge in [0, 0.05) is 29.3 Å². The molecule has 168 valence electrons. The van der Waals surface area contributed by atoms with Crippen molar-refractivity contribution in [2.75, 3.05) is 18.4 Å².